The van der Waals surface area contributed by atoms with Crippen molar-refractivity contribution < 1.29 is 4.42 Å². The van der Waals surface area contributed by atoms with Crippen molar-refractivity contribution in [1.29, 1.82) is 0 Å². The van der Waals surface area contributed by atoms with E-state index in [9.17, 15) is 0 Å². The largest absolute Gasteiger partial charge is 0.460 e. The molecule has 3 aromatic heterocycles. The molecule has 0 fully saturated rings. The SMILES string of the molecule is Cc1ccc(-c2cnnc(NCc3cn[nH]c3-c3ccccc3)n2)o1. The second-order valence-corrected chi connectivity index (χ2v) is 5.57. The summed E-state index contributed by atoms with van der Waals surface area (Å²) in [7, 11) is 0. The van der Waals surface area contributed by atoms with Crippen molar-refractivity contribution in [3.8, 4) is 22.7 Å². The van der Waals surface area contributed by atoms with Gasteiger partial charge in [-0.3, -0.25) is 5.10 Å². The Kier molecular flexibility index (Phi) is 3.96. The number of nitrogens with one attached hydrogen (secondary N) is 2. The zero-order valence-corrected chi connectivity index (χ0v) is 13.6. The topological polar surface area (TPSA) is 92.5 Å². The lowest BCUT2D eigenvalue weighted by atomic mass is 10.1. The van der Waals surface area contributed by atoms with E-state index in [2.05, 4.69) is 30.7 Å². The van der Waals surface area contributed by atoms with Crippen LogP contribution in [0.5, 0.6) is 0 Å². The Hall–Kier alpha value is -3.48. The summed E-state index contributed by atoms with van der Waals surface area (Å²) in [6.07, 6.45) is 3.37. The molecule has 0 atom stereocenters. The van der Waals surface area contributed by atoms with Gasteiger partial charge < -0.3 is 9.73 Å². The zero-order chi connectivity index (χ0) is 17.1. The number of nitrogens with zero attached hydrogens (tertiary/aromatic N) is 4. The molecule has 25 heavy (non-hydrogen) atoms. The predicted octanol–water partition coefficient (Wildman–Crippen LogP) is 3.44. The van der Waals surface area contributed by atoms with Crippen molar-refractivity contribution in [3.05, 3.63) is 66.2 Å². The van der Waals surface area contributed by atoms with Gasteiger partial charge in [0.05, 0.1) is 18.1 Å². The summed E-state index contributed by atoms with van der Waals surface area (Å²) in [6, 6.07) is 13.8. The molecule has 0 bridgehead atoms. The Morgan fingerprint density at radius 3 is 2.76 bits per heavy atom. The predicted molar refractivity (Wildman–Crippen MR) is 93.6 cm³/mol. The fourth-order valence-electron chi connectivity index (χ4n) is 2.54. The molecule has 124 valence electrons. The number of aryl methyl sites for hydroxylation is 1. The highest BCUT2D eigenvalue weighted by atomic mass is 16.3. The molecule has 0 radical (unpaired) electrons. The van der Waals surface area contributed by atoms with Crippen molar-refractivity contribution in [2.45, 2.75) is 13.5 Å². The van der Waals surface area contributed by atoms with Crippen LogP contribution in [0.15, 0.2) is 59.3 Å². The summed E-state index contributed by atoms with van der Waals surface area (Å²) in [5.41, 5.74) is 3.71. The van der Waals surface area contributed by atoms with Crippen LogP contribution in [0.1, 0.15) is 11.3 Å². The van der Waals surface area contributed by atoms with Crippen LogP contribution >= 0.6 is 0 Å². The number of hydrogen-bond acceptors (Lipinski definition) is 6. The van der Waals surface area contributed by atoms with Crippen molar-refractivity contribution in [1.82, 2.24) is 25.4 Å². The van der Waals surface area contributed by atoms with E-state index in [-0.39, 0.29) is 0 Å². The molecule has 0 aliphatic heterocycles. The standard InChI is InChI=1S/C18H16N6O/c1-12-7-8-16(25-12)15-11-21-24-18(22-15)19-9-14-10-20-23-17(14)13-5-3-2-4-6-13/h2-8,10-11H,9H2,1H3,(H,20,23)(H,19,22,24). The van der Waals surface area contributed by atoms with Gasteiger partial charge >= 0.3 is 0 Å². The third kappa shape index (κ3) is 3.25. The Bertz CT molecular complexity index is 976. The van der Waals surface area contributed by atoms with Crippen molar-refractivity contribution in [2.75, 3.05) is 5.32 Å². The number of aromatic nitrogens is 5. The quantitative estimate of drug-likeness (QED) is 0.581. The molecule has 0 aliphatic carbocycles. The molecule has 4 rings (SSSR count). The first-order valence-electron chi connectivity index (χ1n) is 7.87. The van der Waals surface area contributed by atoms with Gasteiger partial charge in [-0.1, -0.05) is 30.3 Å². The Morgan fingerprint density at radius 2 is 1.96 bits per heavy atom. The number of anilines is 1. The summed E-state index contributed by atoms with van der Waals surface area (Å²) < 4.78 is 5.58. The van der Waals surface area contributed by atoms with E-state index in [0.717, 1.165) is 22.6 Å². The minimum absolute atomic E-state index is 0.437. The average Bonchev–Trinajstić information content (AvgIpc) is 3.30. The van der Waals surface area contributed by atoms with Gasteiger partial charge in [0.15, 0.2) is 5.76 Å². The van der Waals surface area contributed by atoms with Crippen LogP contribution in [0.25, 0.3) is 22.7 Å². The van der Waals surface area contributed by atoms with Crippen LogP contribution in [-0.2, 0) is 6.54 Å². The van der Waals surface area contributed by atoms with Crippen LogP contribution in [0.4, 0.5) is 5.95 Å². The van der Waals surface area contributed by atoms with Gasteiger partial charge in [0.2, 0.25) is 5.95 Å². The van der Waals surface area contributed by atoms with Gasteiger partial charge in [-0.2, -0.15) is 10.2 Å². The smallest absolute Gasteiger partial charge is 0.243 e. The Labute approximate surface area is 144 Å². The van der Waals surface area contributed by atoms with Crippen molar-refractivity contribution in [2.24, 2.45) is 0 Å². The van der Waals surface area contributed by atoms with Gasteiger partial charge in [-0.05, 0) is 24.6 Å². The van der Waals surface area contributed by atoms with E-state index in [0.29, 0.717) is 23.9 Å². The summed E-state index contributed by atoms with van der Waals surface area (Å²) >= 11 is 0. The molecule has 3 heterocycles. The van der Waals surface area contributed by atoms with Crippen molar-refractivity contribution in [3.63, 3.8) is 0 Å². The van der Waals surface area contributed by atoms with Gasteiger partial charge in [0.1, 0.15) is 11.5 Å². The van der Waals surface area contributed by atoms with Crippen LogP contribution in [0, 0.1) is 6.92 Å². The molecule has 7 nitrogen and oxygen atoms in total. The summed E-state index contributed by atoms with van der Waals surface area (Å²) in [5.74, 6) is 1.93. The minimum Gasteiger partial charge on any atom is -0.460 e. The molecule has 0 aliphatic rings. The monoisotopic (exact) mass is 332 g/mol. The van der Waals surface area contributed by atoms with Crippen LogP contribution < -0.4 is 5.32 Å². The second kappa shape index (κ2) is 6.56. The molecular formula is C18H16N6O. The van der Waals surface area contributed by atoms with E-state index >= 15 is 0 Å². The highest BCUT2D eigenvalue weighted by molar-refractivity contribution is 5.62. The lowest BCUT2D eigenvalue weighted by Crippen LogP contribution is -2.05. The second-order valence-electron chi connectivity index (χ2n) is 5.57. The molecule has 0 amide bonds. The van der Waals surface area contributed by atoms with Crippen LogP contribution in [0.2, 0.25) is 0 Å². The van der Waals surface area contributed by atoms with E-state index in [1.54, 1.807) is 12.4 Å². The highest BCUT2D eigenvalue weighted by Crippen LogP contribution is 2.22. The van der Waals surface area contributed by atoms with E-state index in [4.69, 9.17) is 4.42 Å². The number of furan rings is 1. The third-order valence-electron chi connectivity index (χ3n) is 3.77. The summed E-state index contributed by atoms with van der Waals surface area (Å²) in [4.78, 5) is 4.45. The molecule has 2 N–H and O–H groups in total. The first-order chi connectivity index (χ1) is 12.3. The van der Waals surface area contributed by atoms with Gasteiger partial charge in [0.25, 0.3) is 0 Å². The molecule has 0 saturated carbocycles. The van der Waals surface area contributed by atoms with E-state index in [1.807, 2.05) is 49.4 Å². The van der Waals surface area contributed by atoms with E-state index < -0.39 is 0 Å². The number of benzene rings is 1. The molecule has 0 saturated heterocycles. The maximum Gasteiger partial charge on any atom is 0.243 e. The highest BCUT2D eigenvalue weighted by Gasteiger charge is 2.10. The number of H-pyrrole nitrogens is 1. The first kappa shape index (κ1) is 15.1. The molecule has 0 unspecified atom stereocenters. The van der Waals surface area contributed by atoms with Crippen molar-refractivity contribution >= 4 is 5.95 Å². The molecule has 4 aromatic rings. The minimum atomic E-state index is 0.437. The summed E-state index contributed by atoms with van der Waals surface area (Å²) in [6.45, 7) is 2.42. The number of hydrogen-bond donors (Lipinski definition) is 2. The molecule has 1 aromatic carbocycles. The Morgan fingerprint density at radius 1 is 1.08 bits per heavy atom. The van der Waals surface area contributed by atoms with Gasteiger partial charge in [0, 0.05) is 12.1 Å². The number of aromatic amines is 1. The third-order valence-corrected chi connectivity index (χ3v) is 3.77. The zero-order valence-electron chi connectivity index (χ0n) is 13.6. The Balaban J connectivity index is 1.52. The van der Waals surface area contributed by atoms with Crippen LogP contribution in [0.3, 0.4) is 0 Å². The van der Waals surface area contributed by atoms with Gasteiger partial charge in [-0.25, -0.2) is 4.98 Å². The molecule has 7 heteroatoms. The lowest BCUT2D eigenvalue weighted by Gasteiger charge is -2.06. The number of rotatable bonds is 5. The maximum atomic E-state index is 5.58. The first-order valence-corrected chi connectivity index (χ1v) is 7.87. The fraction of sp³-hybridized carbons (Fsp3) is 0.111. The maximum absolute atomic E-state index is 5.58. The molecular weight excluding hydrogens is 316 g/mol. The fourth-order valence-corrected chi connectivity index (χ4v) is 2.54. The van der Waals surface area contributed by atoms with Crippen LogP contribution in [-0.4, -0.2) is 25.4 Å². The average molecular weight is 332 g/mol. The van der Waals surface area contributed by atoms with E-state index in [1.165, 1.54) is 0 Å². The molecule has 0 spiro atoms. The van der Waals surface area contributed by atoms with Gasteiger partial charge in [-0.15, -0.1) is 5.10 Å². The summed E-state index contributed by atoms with van der Waals surface area (Å²) in [5, 5.41) is 18.4. The normalized spacial score (nSPS) is 10.8. The lowest BCUT2D eigenvalue weighted by molar-refractivity contribution is 0.545.